The van der Waals surface area contributed by atoms with Crippen molar-refractivity contribution in [2.24, 2.45) is 0 Å². The molecule has 0 radical (unpaired) electrons. The Hall–Kier alpha value is -4.54. The fraction of sp³-hybridized carbons (Fsp3) is 0. The van der Waals surface area contributed by atoms with E-state index in [4.69, 9.17) is 5.21 Å². The predicted octanol–water partition coefficient (Wildman–Crippen LogP) is 3.80. The summed E-state index contributed by atoms with van der Waals surface area (Å²) in [6, 6.07) is 22.1. The smallest absolute Gasteiger partial charge is 0.293 e. The van der Waals surface area contributed by atoms with Gasteiger partial charge in [0.1, 0.15) is 5.69 Å². The molecule has 0 fully saturated rings. The molecule has 0 unspecified atom stereocenters. The normalized spacial score (nSPS) is 9.97. The minimum absolute atomic E-state index is 0.0337. The second-order valence-corrected chi connectivity index (χ2v) is 6.46. The maximum Gasteiger partial charge on any atom is 0.293 e. The van der Waals surface area contributed by atoms with Crippen LogP contribution in [-0.4, -0.2) is 26.1 Å². The summed E-state index contributed by atoms with van der Waals surface area (Å²) in [7, 11) is 0. The van der Waals surface area contributed by atoms with Gasteiger partial charge in [0.25, 0.3) is 5.91 Å². The first-order chi connectivity index (χ1) is 15.2. The molecule has 0 aliphatic rings. The zero-order valence-corrected chi connectivity index (χ0v) is 16.3. The van der Waals surface area contributed by atoms with Crippen molar-refractivity contribution in [3.63, 3.8) is 0 Å². The van der Waals surface area contributed by atoms with E-state index in [2.05, 4.69) is 32.1 Å². The van der Waals surface area contributed by atoms with Gasteiger partial charge in [0.2, 0.25) is 5.95 Å². The second kappa shape index (κ2) is 9.31. The van der Waals surface area contributed by atoms with Gasteiger partial charge in [-0.15, -0.1) is 0 Å². The molecular formula is C24H17N5O2. The lowest BCUT2D eigenvalue weighted by Gasteiger charge is -2.09. The Balaban J connectivity index is 1.64. The van der Waals surface area contributed by atoms with Crippen LogP contribution in [0.1, 0.15) is 21.6 Å². The van der Waals surface area contributed by atoms with Crippen LogP contribution in [0.2, 0.25) is 0 Å². The van der Waals surface area contributed by atoms with E-state index in [0.717, 1.165) is 22.4 Å². The molecule has 7 heteroatoms. The molecule has 0 aliphatic carbocycles. The fourth-order valence-electron chi connectivity index (χ4n) is 2.78. The molecule has 2 heterocycles. The number of carbonyl (C=O) groups is 1. The van der Waals surface area contributed by atoms with Crippen LogP contribution < -0.4 is 10.8 Å². The Morgan fingerprint density at radius 2 is 1.65 bits per heavy atom. The lowest BCUT2D eigenvalue weighted by atomic mass is 10.1. The molecule has 2 aromatic carbocycles. The number of aromatic nitrogens is 3. The fourth-order valence-corrected chi connectivity index (χ4v) is 2.78. The lowest BCUT2D eigenvalue weighted by Crippen LogP contribution is -2.20. The molecule has 1 amide bonds. The highest BCUT2D eigenvalue weighted by Crippen LogP contribution is 2.22. The molecule has 0 spiro atoms. The third kappa shape index (κ3) is 5.09. The number of nitrogens with one attached hydrogen (secondary N) is 2. The third-order valence-electron chi connectivity index (χ3n) is 4.28. The molecule has 0 bridgehead atoms. The molecule has 0 saturated heterocycles. The summed E-state index contributed by atoms with van der Waals surface area (Å²) >= 11 is 0. The molecule has 0 atom stereocenters. The quantitative estimate of drug-likeness (QED) is 0.270. The van der Waals surface area contributed by atoms with Crippen LogP contribution in [0.4, 0.5) is 11.6 Å². The number of rotatable bonds is 4. The topological polar surface area (TPSA) is 100 Å². The Morgan fingerprint density at radius 1 is 0.871 bits per heavy atom. The van der Waals surface area contributed by atoms with Gasteiger partial charge in [-0.1, -0.05) is 42.2 Å². The van der Waals surface area contributed by atoms with Gasteiger partial charge in [0, 0.05) is 34.8 Å². The van der Waals surface area contributed by atoms with E-state index >= 15 is 0 Å². The Morgan fingerprint density at radius 3 is 2.35 bits per heavy atom. The van der Waals surface area contributed by atoms with Crippen molar-refractivity contribution in [2.75, 3.05) is 5.32 Å². The number of anilines is 2. The summed E-state index contributed by atoms with van der Waals surface area (Å²) in [5, 5.41) is 12.1. The molecule has 7 nitrogen and oxygen atoms in total. The molecule has 4 rings (SSSR count). The number of para-hydroxylation sites is 1. The van der Waals surface area contributed by atoms with Crippen molar-refractivity contribution >= 4 is 17.5 Å². The summed E-state index contributed by atoms with van der Waals surface area (Å²) in [4.78, 5) is 24.7. The van der Waals surface area contributed by atoms with Gasteiger partial charge in [0.05, 0.1) is 5.69 Å². The summed E-state index contributed by atoms with van der Waals surface area (Å²) < 4.78 is 0. The van der Waals surface area contributed by atoms with Gasteiger partial charge in [-0.05, 0) is 42.5 Å². The van der Waals surface area contributed by atoms with Crippen molar-refractivity contribution in [2.45, 2.75) is 0 Å². The van der Waals surface area contributed by atoms with Crippen molar-refractivity contribution in [1.82, 2.24) is 20.4 Å². The Kier molecular flexibility index (Phi) is 5.93. The third-order valence-corrected chi connectivity index (χ3v) is 4.28. The predicted molar refractivity (Wildman–Crippen MR) is 117 cm³/mol. The lowest BCUT2D eigenvalue weighted by molar-refractivity contribution is 0.0701. The van der Waals surface area contributed by atoms with Gasteiger partial charge in [-0.25, -0.2) is 15.4 Å². The molecular weight excluding hydrogens is 390 g/mol. The molecule has 0 aliphatic heterocycles. The van der Waals surface area contributed by atoms with E-state index in [1.54, 1.807) is 17.9 Å². The van der Waals surface area contributed by atoms with E-state index < -0.39 is 5.91 Å². The molecule has 3 N–H and O–H groups in total. The van der Waals surface area contributed by atoms with Gasteiger partial charge < -0.3 is 5.32 Å². The Bertz CT molecular complexity index is 1250. The number of hydrogen-bond acceptors (Lipinski definition) is 6. The summed E-state index contributed by atoms with van der Waals surface area (Å²) in [5.74, 6) is 5.66. The zero-order chi connectivity index (χ0) is 21.5. The molecule has 150 valence electrons. The van der Waals surface area contributed by atoms with Crippen LogP contribution in [0.25, 0.3) is 11.3 Å². The van der Waals surface area contributed by atoms with E-state index in [1.807, 2.05) is 66.7 Å². The summed E-state index contributed by atoms with van der Waals surface area (Å²) in [6.07, 6.45) is 3.41. The van der Waals surface area contributed by atoms with E-state index in [9.17, 15) is 4.79 Å². The van der Waals surface area contributed by atoms with Crippen LogP contribution in [0.15, 0.2) is 85.2 Å². The van der Waals surface area contributed by atoms with Crippen molar-refractivity contribution in [3.05, 3.63) is 102 Å². The van der Waals surface area contributed by atoms with Crippen LogP contribution in [0, 0.1) is 11.8 Å². The molecule has 4 aromatic rings. The number of hydrogen-bond donors (Lipinski definition) is 3. The monoisotopic (exact) mass is 407 g/mol. The van der Waals surface area contributed by atoms with E-state index in [-0.39, 0.29) is 11.6 Å². The number of amides is 1. The average Bonchev–Trinajstić information content (AvgIpc) is 2.83. The first-order valence-corrected chi connectivity index (χ1v) is 9.39. The van der Waals surface area contributed by atoms with Crippen LogP contribution >= 0.6 is 0 Å². The maximum absolute atomic E-state index is 12.0. The SMILES string of the molecule is O=C(NO)c1cc(-c2ccc(C#Cc3cccnc3)cc2)nc(Nc2ccccc2)n1. The highest BCUT2D eigenvalue weighted by Gasteiger charge is 2.13. The van der Waals surface area contributed by atoms with Crippen molar-refractivity contribution < 1.29 is 10.0 Å². The van der Waals surface area contributed by atoms with Crippen LogP contribution in [0.3, 0.4) is 0 Å². The number of pyridine rings is 1. The number of benzene rings is 2. The highest BCUT2D eigenvalue weighted by atomic mass is 16.5. The van der Waals surface area contributed by atoms with Gasteiger partial charge in [-0.3, -0.25) is 15.0 Å². The van der Waals surface area contributed by atoms with E-state index in [0.29, 0.717) is 5.69 Å². The molecule has 2 aromatic heterocycles. The largest absolute Gasteiger partial charge is 0.324 e. The summed E-state index contributed by atoms with van der Waals surface area (Å²) in [5.41, 5.74) is 5.39. The molecule has 31 heavy (non-hydrogen) atoms. The van der Waals surface area contributed by atoms with Crippen LogP contribution in [0.5, 0.6) is 0 Å². The highest BCUT2D eigenvalue weighted by molar-refractivity contribution is 5.92. The molecule has 0 saturated carbocycles. The minimum atomic E-state index is -0.723. The summed E-state index contributed by atoms with van der Waals surface area (Å²) in [6.45, 7) is 0. The average molecular weight is 407 g/mol. The minimum Gasteiger partial charge on any atom is -0.324 e. The second-order valence-electron chi connectivity index (χ2n) is 6.46. The number of carbonyl (C=O) groups excluding carboxylic acids is 1. The standard InChI is InChI=1S/C24H17N5O2/c30-23(29-31)22-15-21(27-24(28-22)26-20-6-2-1-3-7-20)19-12-10-17(11-13-19)8-9-18-5-4-14-25-16-18/h1-7,10-16,31H,(H,29,30)(H,26,27,28). The van der Waals surface area contributed by atoms with Gasteiger partial charge in [-0.2, -0.15) is 0 Å². The Labute approximate surface area is 178 Å². The van der Waals surface area contributed by atoms with Gasteiger partial charge in [0.15, 0.2) is 0 Å². The van der Waals surface area contributed by atoms with Gasteiger partial charge >= 0.3 is 0 Å². The maximum atomic E-state index is 12.0. The first kappa shape index (κ1) is 19.8. The van der Waals surface area contributed by atoms with Crippen LogP contribution in [-0.2, 0) is 0 Å². The number of nitrogens with zero attached hydrogens (tertiary/aromatic N) is 3. The number of hydroxylamine groups is 1. The van der Waals surface area contributed by atoms with E-state index in [1.165, 1.54) is 6.07 Å². The van der Waals surface area contributed by atoms with Crippen molar-refractivity contribution in [3.8, 4) is 23.1 Å². The van der Waals surface area contributed by atoms with Crippen molar-refractivity contribution in [1.29, 1.82) is 0 Å². The first-order valence-electron chi connectivity index (χ1n) is 9.39. The zero-order valence-electron chi connectivity index (χ0n) is 16.3.